The SMILES string of the molecule is CC(c1cc(CN)ccc1F)N1CCOCC1. The first-order valence-corrected chi connectivity index (χ1v) is 6.02. The monoisotopic (exact) mass is 238 g/mol. The highest BCUT2D eigenvalue weighted by molar-refractivity contribution is 5.27. The fourth-order valence-electron chi connectivity index (χ4n) is 2.20. The van der Waals surface area contributed by atoms with E-state index >= 15 is 0 Å². The molecule has 1 saturated heterocycles. The van der Waals surface area contributed by atoms with E-state index in [0.29, 0.717) is 6.54 Å². The van der Waals surface area contributed by atoms with Gasteiger partial charge in [0.15, 0.2) is 0 Å². The maximum Gasteiger partial charge on any atom is 0.127 e. The van der Waals surface area contributed by atoms with Crippen LogP contribution in [0.5, 0.6) is 0 Å². The molecule has 2 N–H and O–H groups in total. The van der Waals surface area contributed by atoms with Gasteiger partial charge in [-0.05, 0) is 18.6 Å². The van der Waals surface area contributed by atoms with Gasteiger partial charge in [0, 0.05) is 31.2 Å². The van der Waals surface area contributed by atoms with Crippen molar-refractivity contribution in [2.75, 3.05) is 26.3 Å². The number of ether oxygens (including phenoxy) is 1. The lowest BCUT2D eigenvalue weighted by atomic mass is 10.0. The van der Waals surface area contributed by atoms with Gasteiger partial charge in [-0.25, -0.2) is 4.39 Å². The lowest BCUT2D eigenvalue weighted by molar-refractivity contribution is 0.0192. The largest absolute Gasteiger partial charge is 0.379 e. The molecule has 0 saturated carbocycles. The van der Waals surface area contributed by atoms with Crippen molar-refractivity contribution in [1.82, 2.24) is 4.90 Å². The molecule has 94 valence electrons. The quantitative estimate of drug-likeness (QED) is 0.870. The molecule has 1 atom stereocenters. The summed E-state index contributed by atoms with van der Waals surface area (Å²) in [5.74, 6) is -0.152. The van der Waals surface area contributed by atoms with Gasteiger partial charge in [-0.1, -0.05) is 12.1 Å². The number of hydrogen-bond donors (Lipinski definition) is 1. The molecule has 3 nitrogen and oxygen atoms in total. The molecule has 1 aliphatic rings. The van der Waals surface area contributed by atoms with Gasteiger partial charge >= 0.3 is 0 Å². The minimum Gasteiger partial charge on any atom is -0.379 e. The number of nitrogens with zero attached hydrogens (tertiary/aromatic N) is 1. The number of nitrogens with two attached hydrogens (primary N) is 1. The van der Waals surface area contributed by atoms with Crippen molar-refractivity contribution in [2.24, 2.45) is 5.73 Å². The first kappa shape index (κ1) is 12.5. The Hall–Kier alpha value is -0.970. The molecular weight excluding hydrogens is 219 g/mol. The van der Waals surface area contributed by atoms with Crippen LogP contribution in [-0.4, -0.2) is 31.2 Å². The fraction of sp³-hybridized carbons (Fsp3) is 0.538. The van der Waals surface area contributed by atoms with E-state index in [9.17, 15) is 4.39 Å². The molecule has 2 rings (SSSR count). The Morgan fingerprint density at radius 2 is 2.12 bits per heavy atom. The smallest absolute Gasteiger partial charge is 0.127 e. The van der Waals surface area contributed by atoms with Crippen LogP contribution in [0.15, 0.2) is 18.2 Å². The summed E-state index contributed by atoms with van der Waals surface area (Å²) in [6.45, 7) is 5.64. The molecule has 0 aliphatic carbocycles. The summed E-state index contributed by atoms with van der Waals surface area (Å²) in [5.41, 5.74) is 7.30. The molecule has 1 aliphatic heterocycles. The summed E-state index contributed by atoms with van der Waals surface area (Å²) < 4.78 is 19.1. The van der Waals surface area contributed by atoms with E-state index in [-0.39, 0.29) is 11.9 Å². The zero-order chi connectivity index (χ0) is 12.3. The van der Waals surface area contributed by atoms with Crippen molar-refractivity contribution in [1.29, 1.82) is 0 Å². The minimum atomic E-state index is -0.152. The number of halogens is 1. The average Bonchev–Trinajstić information content (AvgIpc) is 2.39. The number of hydrogen-bond acceptors (Lipinski definition) is 3. The van der Waals surface area contributed by atoms with Crippen LogP contribution in [0.3, 0.4) is 0 Å². The molecule has 1 unspecified atom stereocenters. The van der Waals surface area contributed by atoms with Gasteiger partial charge in [0.25, 0.3) is 0 Å². The second-order valence-corrected chi connectivity index (χ2v) is 4.38. The molecule has 0 spiro atoms. The summed E-state index contributed by atoms with van der Waals surface area (Å²) >= 11 is 0. The molecule has 4 heteroatoms. The third-order valence-corrected chi connectivity index (χ3v) is 3.34. The van der Waals surface area contributed by atoms with Gasteiger partial charge in [-0.15, -0.1) is 0 Å². The summed E-state index contributed by atoms with van der Waals surface area (Å²) in [5, 5.41) is 0. The van der Waals surface area contributed by atoms with Crippen molar-refractivity contribution in [2.45, 2.75) is 19.5 Å². The van der Waals surface area contributed by atoms with Crippen molar-refractivity contribution in [3.05, 3.63) is 35.1 Å². The van der Waals surface area contributed by atoms with E-state index in [4.69, 9.17) is 10.5 Å². The maximum atomic E-state index is 13.8. The molecule has 1 fully saturated rings. The Bertz CT molecular complexity index is 378. The highest BCUT2D eigenvalue weighted by Gasteiger charge is 2.21. The van der Waals surface area contributed by atoms with Crippen LogP contribution in [0.2, 0.25) is 0 Å². The van der Waals surface area contributed by atoms with Gasteiger partial charge in [-0.2, -0.15) is 0 Å². The Labute approximate surface area is 101 Å². The molecule has 0 radical (unpaired) electrons. The lowest BCUT2D eigenvalue weighted by Crippen LogP contribution is -2.38. The third-order valence-electron chi connectivity index (χ3n) is 3.34. The van der Waals surface area contributed by atoms with Crippen LogP contribution in [0.4, 0.5) is 4.39 Å². The van der Waals surface area contributed by atoms with E-state index in [2.05, 4.69) is 4.90 Å². The van der Waals surface area contributed by atoms with Gasteiger partial charge in [0.1, 0.15) is 5.82 Å². The number of benzene rings is 1. The minimum absolute atomic E-state index is 0.0744. The molecule has 0 aromatic heterocycles. The summed E-state index contributed by atoms with van der Waals surface area (Å²) in [6, 6.07) is 5.19. The molecular formula is C13H19FN2O. The Morgan fingerprint density at radius 3 is 2.76 bits per heavy atom. The van der Waals surface area contributed by atoms with Crippen molar-refractivity contribution < 1.29 is 9.13 Å². The van der Waals surface area contributed by atoms with Crippen molar-refractivity contribution in [3.8, 4) is 0 Å². The standard InChI is InChI=1S/C13H19FN2O/c1-10(16-4-6-17-7-5-16)12-8-11(9-15)2-3-13(12)14/h2-3,8,10H,4-7,9,15H2,1H3. The van der Waals surface area contributed by atoms with Crippen LogP contribution >= 0.6 is 0 Å². The highest BCUT2D eigenvalue weighted by Crippen LogP contribution is 2.24. The van der Waals surface area contributed by atoms with Crippen LogP contribution in [0.25, 0.3) is 0 Å². The first-order valence-electron chi connectivity index (χ1n) is 6.02. The van der Waals surface area contributed by atoms with Crippen LogP contribution < -0.4 is 5.73 Å². The Morgan fingerprint density at radius 1 is 1.41 bits per heavy atom. The fourth-order valence-corrected chi connectivity index (χ4v) is 2.20. The summed E-state index contributed by atoms with van der Waals surface area (Å²) in [6.07, 6.45) is 0. The topological polar surface area (TPSA) is 38.5 Å². The Balaban J connectivity index is 2.19. The van der Waals surface area contributed by atoms with Crippen molar-refractivity contribution >= 4 is 0 Å². The second-order valence-electron chi connectivity index (χ2n) is 4.38. The van der Waals surface area contributed by atoms with Gasteiger partial charge in [0.05, 0.1) is 13.2 Å². The zero-order valence-corrected chi connectivity index (χ0v) is 10.2. The third kappa shape index (κ3) is 2.83. The van der Waals surface area contributed by atoms with Crippen LogP contribution in [0, 0.1) is 5.82 Å². The first-order chi connectivity index (χ1) is 8.22. The van der Waals surface area contributed by atoms with E-state index in [0.717, 1.165) is 37.4 Å². The summed E-state index contributed by atoms with van der Waals surface area (Å²) in [4.78, 5) is 2.24. The molecule has 1 aromatic rings. The van der Waals surface area contributed by atoms with E-state index in [1.54, 1.807) is 6.07 Å². The predicted octanol–water partition coefficient (Wildman–Crippen LogP) is 1.68. The lowest BCUT2D eigenvalue weighted by Gasteiger charge is -2.32. The molecule has 17 heavy (non-hydrogen) atoms. The van der Waals surface area contributed by atoms with E-state index < -0.39 is 0 Å². The average molecular weight is 238 g/mol. The van der Waals surface area contributed by atoms with Gasteiger partial charge in [-0.3, -0.25) is 4.90 Å². The van der Waals surface area contributed by atoms with Crippen LogP contribution in [0.1, 0.15) is 24.1 Å². The zero-order valence-electron chi connectivity index (χ0n) is 10.2. The molecule has 1 aromatic carbocycles. The second kappa shape index (κ2) is 5.58. The Kier molecular flexibility index (Phi) is 4.10. The molecule has 0 bridgehead atoms. The van der Waals surface area contributed by atoms with E-state index in [1.165, 1.54) is 6.07 Å². The number of morpholine rings is 1. The van der Waals surface area contributed by atoms with Crippen LogP contribution in [-0.2, 0) is 11.3 Å². The molecule has 1 heterocycles. The van der Waals surface area contributed by atoms with Gasteiger partial charge < -0.3 is 10.5 Å². The normalized spacial score (nSPS) is 19.2. The summed E-state index contributed by atoms with van der Waals surface area (Å²) in [7, 11) is 0. The van der Waals surface area contributed by atoms with Crippen molar-refractivity contribution in [3.63, 3.8) is 0 Å². The van der Waals surface area contributed by atoms with Gasteiger partial charge in [0.2, 0.25) is 0 Å². The maximum absolute atomic E-state index is 13.8. The number of rotatable bonds is 3. The highest BCUT2D eigenvalue weighted by atomic mass is 19.1. The molecule has 0 amide bonds. The van der Waals surface area contributed by atoms with E-state index in [1.807, 2.05) is 13.0 Å². The predicted molar refractivity (Wildman–Crippen MR) is 65.1 cm³/mol.